The van der Waals surface area contributed by atoms with Gasteiger partial charge in [-0.25, -0.2) is 0 Å². The van der Waals surface area contributed by atoms with Gasteiger partial charge in [0.15, 0.2) is 0 Å². The quantitative estimate of drug-likeness (QED) is 0.900. The fourth-order valence-electron chi connectivity index (χ4n) is 2.32. The first kappa shape index (κ1) is 13.9. The number of rotatable bonds is 3. The summed E-state index contributed by atoms with van der Waals surface area (Å²) >= 11 is 0. The van der Waals surface area contributed by atoms with Gasteiger partial charge >= 0.3 is 0 Å². The minimum absolute atomic E-state index is 0.216. The third-order valence-corrected chi connectivity index (χ3v) is 3.52. The predicted molar refractivity (Wildman–Crippen MR) is 75.1 cm³/mol. The van der Waals surface area contributed by atoms with Crippen LogP contribution in [0.3, 0.4) is 0 Å². The van der Waals surface area contributed by atoms with E-state index in [1.807, 2.05) is 43.0 Å². The second-order valence-corrected chi connectivity index (χ2v) is 5.64. The summed E-state index contributed by atoms with van der Waals surface area (Å²) in [6.45, 7) is 7.00. The largest absolute Gasteiger partial charge is 0.497 e. The molecule has 1 aromatic carbocycles. The van der Waals surface area contributed by atoms with Gasteiger partial charge in [0.05, 0.1) is 12.5 Å². The molecular formula is C15H22N2O2. The maximum Gasteiger partial charge on any atom is 0.229 e. The zero-order chi connectivity index (χ0) is 13.9. The monoisotopic (exact) mass is 262 g/mol. The second-order valence-electron chi connectivity index (χ2n) is 5.64. The Hall–Kier alpha value is -1.55. The summed E-state index contributed by atoms with van der Waals surface area (Å²) in [5.74, 6) is 1.06. The van der Waals surface area contributed by atoms with Gasteiger partial charge in [-0.15, -0.1) is 0 Å². The average Bonchev–Trinajstić information content (AvgIpc) is 2.53. The lowest BCUT2D eigenvalue weighted by Gasteiger charge is -2.28. The van der Waals surface area contributed by atoms with Gasteiger partial charge in [0.2, 0.25) is 5.91 Å². The molecule has 0 aliphatic carbocycles. The molecule has 1 saturated heterocycles. The summed E-state index contributed by atoms with van der Waals surface area (Å²) in [5.41, 5.74) is 0.801. The number of nitrogens with zero attached hydrogens (tertiary/aromatic N) is 1. The van der Waals surface area contributed by atoms with E-state index in [0.29, 0.717) is 6.54 Å². The van der Waals surface area contributed by atoms with Crippen molar-refractivity contribution in [2.45, 2.75) is 20.4 Å². The average molecular weight is 262 g/mol. The van der Waals surface area contributed by atoms with Gasteiger partial charge in [0.1, 0.15) is 5.75 Å². The molecule has 0 aromatic heterocycles. The van der Waals surface area contributed by atoms with E-state index in [1.54, 1.807) is 7.11 Å². The van der Waals surface area contributed by atoms with Crippen molar-refractivity contribution in [3.63, 3.8) is 0 Å². The number of methoxy groups -OCH3 is 1. The van der Waals surface area contributed by atoms with Gasteiger partial charge in [0, 0.05) is 26.2 Å². The molecule has 2 rings (SSSR count). The smallest absolute Gasteiger partial charge is 0.229 e. The van der Waals surface area contributed by atoms with E-state index >= 15 is 0 Å². The molecule has 0 saturated carbocycles. The van der Waals surface area contributed by atoms with Crippen LogP contribution in [0.5, 0.6) is 5.75 Å². The molecule has 1 aliphatic heterocycles. The molecule has 1 aromatic rings. The minimum atomic E-state index is -0.330. The van der Waals surface area contributed by atoms with Crippen molar-refractivity contribution >= 4 is 5.91 Å². The number of hydrogen-bond acceptors (Lipinski definition) is 3. The van der Waals surface area contributed by atoms with Gasteiger partial charge in [-0.3, -0.25) is 4.79 Å². The van der Waals surface area contributed by atoms with Crippen LogP contribution in [-0.4, -0.2) is 37.6 Å². The number of ether oxygens (including phenoxy) is 1. The van der Waals surface area contributed by atoms with Crippen molar-refractivity contribution < 1.29 is 9.53 Å². The third kappa shape index (κ3) is 3.26. The number of nitrogens with one attached hydrogen (secondary N) is 1. The zero-order valence-electron chi connectivity index (χ0n) is 11.9. The molecule has 0 radical (unpaired) electrons. The Labute approximate surface area is 114 Å². The molecule has 0 bridgehead atoms. The maximum atomic E-state index is 12.5. The fraction of sp³-hybridized carbons (Fsp3) is 0.533. The van der Waals surface area contributed by atoms with Crippen LogP contribution < -0.4 is 10.1 Å². The van der Waals surface area contributed by atoms with Crippen LogP contribution in [0.2, 0.25) is 0 Å². The molecule has 1 heterocycles. The standard InChI is InChI=1S/C15H22N2O2/c1-15(2)11-16-8-9-17(14(15)18)10-12-4-6-13(19-3)7-5-12/h4-7,16H,8-11H2,1-3H3. The summed E-state index contributed by atoms with van der Waals surface area (Å²) in [6.07, 6.45) is 0. The molecule has 0 spiro atoms. The van der Waals surface area contributed by atoms with E-state index in [0.717, 1.165) is 30.9 Å². The normalized spacial score (nSPS) is 19.1. The van der Waals surface area contributed by atoms with Crippen LogP contribution >= 0.6 is 0 Å². The highest BCUT2D eigenvalue weighted by Gasteiger charge is 2.33. The van der Waals surface area contributed by atoms with E-state index in [-0.39, 0.29) is 11.3 Å². The van der Waals surface area contributed by atoms with Crippen molar-refractivity contribution in [3.8, 4) is 5.75 Å². The summed E-state index contributed by atoms with van der Waals surface area (Å²) in [4.78, 5) is 14.4. The summed E-state index contributed by atoms with van der Waals surface area (Å²) < 4.78 is 5.14. The van der Waals surface area contributed by atoms with Crippen LogP contribution in [0.25, 0.3) is 0 Å². The molecular weight excluding hydrogens is 240 g/mol. The van der Waals surface area contributed by atoms with Crippen LogP contribution in [0.4, 0.5) is 0 Å². The Morgan fingerprint density at radius 2 is 2.00 bits per heavy atom. The Bertz CT molecular complexity index is 440. The highest BCUT2D eigenvalue weighted by atomic mass is 16.5. The Kier molecular flexibility index (Phi) is 4.10. The molecule has 1 amide bonds. The Morgan fingerprint density at radius 3 is 2.63 bits per heavy atom. The minimum Gasteiger partial charge on any atom is -0.497 e. The number of carbonyl (C=O) groups is 1. The van der Waals surface area contributed by atoms with Crippen LogP contribution in [0.1, 0.15) is 19.4 Å². The van der Waals surface area contributed by atoms with Crippen LogP contribution in [0.15, 0.2) is 24.3 Å². The lowest BCUT2D eigenvalue weighted by Crippen LogP contribution is -2.41. The molecule has 19 heavy (non-hydrogen) atoms. The molecule has 104 valence electrons. The van der Waals surface area contributed by atoms with Gasteiger partial charge in [0.25, 0.3) is 0 Å². The van der Waals surface area contributed by atoms with Gasteiger partial charge in [-0.2, -0.15) is 0 Å². The van der Waals surface area contributed by atoms with E-state index in [9.17, 15) is 4.79 Å². The maximum absolute atomic E-state index is 12.5. The summed E-state index contributed by atoms with van der Waals surface area (Å²) in [7, 11) is 1.65. The number of amides is 1. The molecule has 1 N–H and O–H groups in total. The predicted octanol–water partition coefficient (Wildman–Crippen LogP) is 1.65. The molecule has 0 unspecified atom stereocenters. The van der Waals surface area contributed by atoms with E-state index in [1.165, 1.54) is 0 Å². The first-order chi connectivity index (χ1) is 9.03. The zero-order valence-corrected chi connectivity index (χ0v) is 11.9. The summed E-state index contributed by atoms with van der Waals surface area (Å²) in [6, 6.07) is 7.89. The number of benzene rings is 1. The van der Waals surface area contributed by atoms with E-state index < -0.39 is 0 Å². The van der Waals surface area contributed by atoms with Crippen LogP contribution in [-0.2, 0) is 11.3 Å². The van der Waals surface area contributed by atoms with Crippen LogP contribution in [0, 0.1) is 5.41 Å². The van der Waals surface area contributed by atoms with Gasteiger partial charge in [-0.1, -0.05) is 12.1 Å². The van der Waals surface area contributed by atoms with Crippen molar-refractivity contribution in [2.24, 2.45) is 5.41 Å². The Morgan fingerprint density at radius 1 is 1.32 bits per heavy atom. The van der Waals surface area contributed by atoms with Gasteiger partial charge in [-0.05, 0) is 31.5 Å². The van der Waals surface area contributed by atoms with Crippen molar-refractivity contribution in [1.29, 1.82) is 0 Å². The van der Waals surface area contributed by atoms with Crippen molar-refractivity contribution in [3.05, 3.63) is 29.8 Å². The second kappa shape index (κ2) is 5.61. The van der Waals surface area contributed by atoms with E-state index in [4.69, 9.17) is 4.74 Å². The molecule has 4 nitrogen and oxygen atoms in total. The molecule has 1 fully saturated rings. The molecule has 4 heteroatoms. The number of hydrogen-bond donors (Lipinski definition) is 1. The highest BCUT2D eigenvalue weighted by molar-refractivity contribution is 5.82. The lowest BCUT2D eigenvalue weighted by molar-refractivity contribution is -0.139. The lowest BCUT2D eigenvalue weighted by atomic mass is 9.92. The fourth-order valence-corrected chi connectivity index (χ4v) is 2.32. The first-order valence-electron chi connectivity index (χ1n) is 6.66. The molecule has 1 aliphatic rings. The van der Waals surface area contributed by atoms with E-state index in [2.05, 4.69) is 5.32 Å². The first-order valence-corrected chi connectivity index (χ1v) is 6.66. The summed E-state index contributed by atoms with van der Waals surface area (Å²) in [5, 5.41) is 3.32. The molecule has 0 atom stereocenters. The third-order valence-electron chi connectivity index (χ3n) is 3.52. The van der Waals surface area contributed by atoms with Crippen molar-refractivity contribution in [2.75, 3.05) is 26.7 Å². The Balaban J connectivity index is 2.09. The van der Waals surface area contributed by atoms with Crippen molar-refractivity contribution in [1.82, 2.24) is 10.2 Å². The SMILES string of the molecule is COc1ccc(CN2CCNCC(C)(C)C2=O)cc1. The highest BCUT2D eigenvalue weighted by Crippen LogP contribution is 2.22. The topological polar surface area (TPSA) is 41.6 Å². The number of carbonyl (C=O) groups excluding carboxylic acids is 1. The van der Waals surface area contributed by atoms with Gasteiger partial charge < -0.3 is 15.0 Å².